The van der Waals surface area contributed by atoms with Gasteiger partial charge >= 0.3 is 0 Å². The number of amides is 1. The summed E-state index contributed by atoms with van der Waals surface area (Å²) in [5, 5.41) is 4.60. The maximum absolute atomic E-state index is 12.3. The lowest BCUT2D eigenvalue weighted by molar-refractivity contribution is -0.120. The smallest absolute Gasteiger partial charge is 0.259 e. The number of benzene rings is 1. The Morgan fingerprint density at radius 2 is 2.03 bits per heavy atom. The summed E-state index contributed by atoms with van der Waals surface area (Å²) >= 11 is 1.46. The van der Waals surface area contributed by atoms with Crippen molar-refractivity contribution in [1.82, 2.24) is 15.4 Å². The summed E-state index contributed by atoms with van der Waals surface area (Å²) in [6, 6.07) is 7.97. The maximum atomic E-state index is 12.3. The van der Waals surface area contributed by atoms with Crippen molar-refractivity contribution in [2.24, 2.45) is 5.10 Å². The van der Waals surface area contributed by atoms with Crippen molar-refractivity contribution < 1.29 is 9.53 Å². The molecule has 8 nitrogen and oxygen atoms in total. The van der Waals surface area contributed by atoms with Crippen LogP contribution in [0.1, 0.15) is 21.8 Å². The summed E-state index contributed by atoms with van der Waals surface area (Å²) in [4.78, 5) is 35.6. The number of carbonyl (C=O) groups excluding carboxylic acids is 1. The Balaban J connectivity index is 1.36. The van der Waals surface area contributed by atoms with Crippen LogP contribution in [0.2, 0.25) is 0 Å². The molecular formula is C21H23N5O3S. The van der Waals surface area contributed by atoms with E-state index in [1.807, 2.05) is 38.1 Å². The van der Waals surface area contributed by atoms with Crippen molar-refractivity contribution in [1.29, 1.82) is 0 Å². The molecule has 1 aliphatic heterocycles. The number of aromatic amines is 1. The van der Waals surface area contributed by atoms with Crippen LogP contribution in [-0.4, -0.2) is 48.4 Å². The molecule has 9 heteroatoms. The Bertz CT molecular complexity index is 1140. The Labute approximate surface area is 177 Å². The number of hydrogen-bond acceptors (Lipinski definition) is 7. The van der Waals surface area contributed by atoms with Gasteiger partial charge in [0.05, 0.1) is 31.2 Å². The molecule has 0 atom stereocenters. The van der Waals surface area contributed by atoms with Crippen molar-refractivity contribution in [2.45, 2.75) is 20.3 Å². The summed E-state index contributed by atoms with van der Waals surface area (Å²) in [7, 11) is 0. The van der Waals surface area contributed by atoms with Crippen LogP contribution in [0.5, 0.6) is 0 Å². The first-order valence-corrected chi connectivity index (χ1v) is 10.6. The molecule has 0 unspecified atom stereocenters. The van der Waals surface area contributed by atoms with Crippen molar-refractivity contribution in [3.63, 3.8) is 0 Å². The molecule has 1 aromatic carbocycles. The van der Waals surface area contributed by atoms with E-state index in [9.17, 15) is 9.59 Å². The van der Waals surface area contributed by atoms with Crippen LogP contribution in [0.25, 0.3) is 10.2 Å². The molecule has 2 N–H and O–H groups in total. The lowest BCUT2D eigenvalue weighted by Gasteiger charge is -2.28. The lowest BCUT2D eigenvalue weighted by Crippen LogP contribution is -2.36. The molecule has 3 heterocycles. The highest BCUT2D eigenvalue weighted by molar-refractivity contribution is 7.18. The molecule has 1 fully saturated rings. The Morgan fingerprint density at radius 1 is 1.30 bits per heavy atom. The zero-order valence-electron chi connectivity index (χ0n) is 16.9. The minimum absolute atomic E-state index is 0.0471. The second-order valence-corrected chi connectivity index (χ2v) is 8.34. The third-order valence-electron chi connectivity index (χ3n) is 5.09. The quantitative estimate of drug-likeness (QED) is 0.482. The number of H-pyrrole nitrogens is 1. The number of carbonyl (C=O) groups is 1. The molecule has 0 bridgehead atoms. The van der Waals surface area contributed by atoms with E-state index < -0.39 is 0 Å². The second kappa shape index (κ2) is 8.76. The number of nitrogens with one attached hydrogen (secondary N) is 2. The van der Waals surface area contributed by atoms with Gasteiger partial charge in [0.1, 0.15) is 10.7 Å². The summed E-state index contributed by atoms with van der Waals surface area (Å²) in [5.74, 6) is -0.0139. The van der Waals surface area contributed by atoms with E-state index in [0.717, 1.165) is 48.0 Å². The number of aryl methyl sites for hydroxylation is 2. The van der Waals surface area contributed by atoms with Crippen molar-refractivity contribution in [3.8, 4) is 0 Å². The van der Waals surface area contributed by atoms with Gasteiger partial charge < -0.3 is 14.6 Å². The van der Waals surface area contributed by atoms with Gasteiger partial charge in [-0.15, -0.1) is 11.3 Å². The molecular weight excluding hydrogens is 402 g/mol. The van der Waals surface area contributed by atoms with Gasteiger partial charge in [0.25, 0.3) is 5.56 Å². The van der Waals surface area contributed by atoms with Crippen LogP contribution < -0.4 is 15.9 Å². The highest BCUT2D eigenvalue weighted by Crippen LogP contribution is 2.25. The molecule has 0 radical (unpaired) electrons. The van der Waals surface area contributed by atoms with Gasteiger partial charge in [-0.05, 0) is 37.1 Å². The van der Waals surface area contributed by atoms with E-state index in [1.54, 1.807) is 6.21 Å². The molecule has 1 saturated heterocycles. The third-order valence-corrected chi connectivity index (χ3v) is 6.19. The number of fused-ring (bicyclic) bond motifs is 1. The fourth-order valence-electron chi connectivity index (χ4n) is 3.35. The Morgan fingerprint density at radius 3 is 2.77 bits per heavy atom. The molecule has 156 valence electrons. The first kappa shape index (κ1) is 20.2. The van der Waals surface area contributed by atoms with Crippen molar-refractivity contribution in [2.75, 3.05) is 31.2 Å². The van der Waals surface area contributed by atoms with Crippen LogP contribution in [-0.2, 0) is 16.0 Å². The topological polar surface area (TPSA) is 99.7 Å². The second-order valence-electron chi connectivity index (χ2n) is 7.14. The summed E-state index contributed by atoms with van der Waals surface area (Å²) < 4.78 is 5.37. The van der Waals surface area contributed by atoms with Crippen LogP contribution in [0.15, 0.2) is 34.2 Å². The van der Waals surface area contributed by atoms with Gasteiger partial charge in [0.15, 0.2) is 0 Å². The van der Waals surface area contributed by atoms with Crippen LogP contribution in [0.4, 0.5) is 5.69 Å². The number of anilines is 1. The van der Waals surface area contributed by atoms with Gasteiger partial charge in [-0.25, -0.2) is 10.4 Å². The van der Waals surface area contributed by atoms with E-state index in [-0.39, 0.29) is 17.9 Å². The molecule has 3 aromatic rings. The van der Waals surface area contributed by atoms with Gasteiger partial charge in [-0.1, -0.05) is 12.1 Å². The molecule has 0 saturated carbocycles. The van der Waals surface area contributed by atoms with Crippen molar-refractivity contribution >= 4 is 39.4 Å². The van der Waals surface area contributed by atoms with E-state index in [0.29, 0.717) is 16.0 Å². The van der Waals surface area contributed by atoms with Gasteiger partial charge in [-0.3, -0.25) is 9.59 Å². The minimum atomic E-state index is -0.344. The number of hydrogen-bond donors (Lipinski definition) is 2. The lowest BCUT2D eigenvalue weighted by atomic mass is 10.2. The van der Waals surface area contributed by atoms with Crippen molar-refractivity contribution in [3.05, 3.63) is 56.4 Å². The van der Waals surface area contributed by atoms with Gasteiger partial charge in [-0.2, -0.15) is 5.10 Å². The summed E-state index contributed by atoms with van der Waals surface area (Å²) in [6.45, 7) is 7.11. The standard InChI is InChI=1S/C21H23N5O3S/c1-13-14(2)30-21-19(13)20(28)23-17(24-21)11-18(27)25-22-12-15-3-5-16(6-4-15)26-7-9-29-10-8-26/h3-6,12H,7-11H2,1-2H3,(H,25,27)(H,23,24,28)/b22-12+. The largest absolute Gasteiger partial charge is 0.378 e. The number of nitrogens with zero attached hydrogens (tertiary/aromatic N) is 3. The van der Waals surface area contributed by atoms with Crippen LogP contribution >= 0.6 is 11.3 Å². The van der Waals surface area contributed by atoms with Gasteiger partial charge in [0.2, 0.25) is 5.91 Å². The molecule has 4 rings (SSSR count). The zero-order valence-corrected chi connectivity index (χ0v) is 17.7. The average molecular weight is 426 g/mol. The fourth-order valence-corrected chi connectivity index (χ4v) is 4.40. The van der Waals surface area contributed by atoms with Gasteiger partial charge in [0, 0.05) is 23.7 Å². The molecule has 1 amide bonds. The maximum Gasteiger partial charge on any atom is 0.259 e. The third kappa shape index (κ3) is 4.42. The van der Waals surface area contributed by atoms with E-state index >= 15 is 0 Å². The predicted octanol–water partition coefficient (Wildman–Crippen LogP) is 2.13. The number of morpholine rings is 1. The monoisotopic (exact) mass is 425 g/mol. The molecule has 1 aliphatic rings. The van der Waals surface area contributed by atoms with E-state index in [2.05, 4.69) is 25.4 Å². The Hall–Kier alpha value is -3.04. The normalized spacial score (nSPS) is 14.5. The summed E-state index contributed by atoms with van der Waals surface area (Å²) in [6.07, 6.45) is 1.54. The SMILES string of the molecule is Cc1sc2nc(CC(=O)N/N=C/c3ccc(N4CCOCC4)cc3)[nH]c(=O)c2c1C. The number of hydrazone groups is 1. The van der Waals surface area contributed by atoms with Crippen LogP contribution in [0, 0.1) is 13.8 Å². The van der Waals surface area contributed by atoms with Crippen LogP contribution in [0.3, 0.4) is 0 Å². The number of thiophene rings is 1. The first-order chi connectivity index (χ1) is 14.5. The molecule has 0 spiro atoms. The summed E-state index contributed by atoms with van der Waals surface area (Å²) in [5.41, 5.74) is 5.23. The zero-order chi connectivity index (χ0) is 21.1. The predicted molar refractivity (Wildman–Crippen MR) is 119 cm³/mol. The minimum Gasteiger partial charge on any atom is -0.378 e. The molecule has 0 aliphatic carbocycles. The van der Waals surface area contributed by atoms with E-state index in [1.165, 1.54) is 11.3 Å². The molecule has 2 aromatic heterocycles. The Kier molecular flexibility index (Phi) is 5.91. The highest BCUT2D eigenvalue weighted by atomic mass is 32.1. The van der Waals surface area contributed by atoms with E-state index in [4.69, 9.17) is 4.74 Å². The highest BCUT2D eigenvalue weighted by Gasteiger charge is 2.13. The number of rotatable bonds is 5. The average Bonchev–Trinajstić information content (AvgIpc) is 3.03. The first-order valence-electron chi connectivity index (χ1n) is 9.75. The fraction of sp³-hybridized carbons (Fsp3) is 0.333. The molecule has 30 heavy (non-hydrogen) atoms. The number of ether oxygens (including phenoxy) is 1. The number of aromatic nitrogens is 2.